The van der Waals surface area contributed by atoms with Gasteiger partial charge < -0.3 is 0 Å². The fourth-order valence-corrected chi connectivity index (χ4v) is 1.75. The minimum atomic E-state index is -4.35. The first-order valence-corrected chi connectivity index (χ1v) is 6.05. The van der Waals surface area contributed by atoms with Crippen LogP contribution in [0.5, 0.6) is 0 Å². The van der Waals surface area contributed by atoms with Crippen LogP contribution < -0.4 is 3.97 Å². The zero-order valence-corrected chi connectivity index (χ0v) is 9.41. The van der Waals surface area contributed by atoms with Gasteiger partial charge in [-0.15, -0.1) is 3.97 Å². The zero-order chi connectivity index (χ0) is 12.5. The molecule has 0 atom stereocenters. The monoisotopic (exact) mass is 253 g/mol. The Labute approximate surface area is 97.6 Å². The number of carbonyl (C=O) groups excluding carboxylic acids is 1. The highest BCUT2D eigenvalue weighted by Crippen LogP contribution is 2.01. The molecule has 0 spiro atoms. The van der Waals surface area contributed by atoms with Crippen LogP contribution in [0.4, 0.5) is 0 Å². The molecule has 1 aromatic carbocycles. The first-order valence-electron chi connectivity index (χ1n) is 4.65. The van der Waals surface area contributed by atoms with Gasteiger partial charge in [0.2, 0.25) is 0 Å². The standard InChI is InChI=1S/C10H8N2O4S/c13-10(9-4-2-1-3-5-9)11-6-7-12(8-11)17(14,15)16/h1-8H/p+1. The third kappa shape index (κ3) is 2.40. The molecule has 1 heterocycles. The number of rotatable bonds is 2. The van der Waals surface area contributed by atoms with Crippen LogP contribution in [-0.4, -0.2) is 23.4 Å². The Morgan fingerprint density at radius 2 is 1.88 bits per heavy atom. The Morgan fingerprint density at radius 3 is 2.41 bits per heavy atom. The predicted molar refractivity (Wildman–Crippen MR) is 57.7 cm³/mol. The third-order valence-corrected chi connectivity index (χ3v) is 2.88. The summed E-state index contributed by atoms with van der Waals surface area (Å²) in [5, 5.41) is 0. The van der Waals surface area contributed by atoms with E-state index >= 15 is 0 Å². The van der Waals surface area contributed by atoms with Crippen molar-refractivity contribution in [2.75, 3.05) is 0 Å². The van der Waals surface area contributed by atoms with E-state index in [2.05, 4.69) is 0 Å². The number of aromatic nitrogens is 2. The van der Waals surface area contributed by atoms with Gasteiger partial charge in [0.05, 0.1) is 5.56 Å². The Balaban J connectivity index is 2.37. The normalized spacial score (nSPS) is 11.4. The van der Waals surface area contributed by atoms with Crippen LogP contribution in [0.3, 0.4) is 0 Å². The quantitative estimate of drug-likeness (QED) is 0.608. The summed E-state index contributed by atoms with van der Waals surface area (Å²) < 4.78 is 32.0. The molecule has 0 saturated heterocycles. The highest BCUT2D eigenvalue weighted by molar-refractivity contribution is 7.79. The van der Waals surface area contributed by atoms with E-state index in [1.165, 1.54) is 6.20 Å². The van der Waals surface area contributed by atoms with Crippen molar-refractivity contribution in [1.29, 1.82) is 0 Å². The molecule has 17 heavy (non-hydrogen) atoms. The molecule has 7 heteroatoms. The van der Waals surface area contributed by atoms with Gasteiger partial charge in [-0.2, -0.15) is 13.0 Å². The highest BCUT2D eigenvalue weighted by atomic mass is 32.2. The SMILES string of the molecule is O=C(c1ccccc1)n1cc[n+](S(=O)(=O)O)c1. The summed E-state index contributed by atoms with van der Waals surface area (Å²) in [4.78, 5) is 11.9. The van der Waals surface area contributed by atoms with E-state index in [4.69, 9.17) is 4.55 Å². The van der Waals surface area contributed by atoms with Gasteiger partial charge in [-0.3, -0.25) is 4.55 Å². The number of imidazole rings is 1. The lowest BCUT2D eigenvalue weighted by atomic mass is 10.2. The second-order valence-electron chi connectivity index (χ2n) is 3.30. The first-order chi connectivity index (χ1) is 7.98. The summed E-state index contributed by atoms with van der Waals surface area (Å²) in [5.74, 6) is -0.381. The molecule has 0 unspecified atom stereocenters. The van der Waals surface area contributed by atoms with Crippen LogP contribution >= 0.6 is 0 Å². The molecule has 0 saturated carbocycles. The lowest BCUT2D eigenvalue weighted by Crippen LogP contribution is -2.40. The van der Waals surface area contributed by atoms with Gasteiger partial charge >= 0.3 is 16.2 Å². The Bertz CT molecular complexity index is 646. The second-order valence-corrected chi connectivity index (χ2v) is 4.62. The average molecular weight is 253 g/mol. The van der Waals surface area contributed by atoms with Crippen molar-refractivity contribution in [2.24, 2.45) is 0 Å². The number of hydrogen-bond donors (Lipinski definition) is 1. The fraction of sp³-hybridized carbons (Fsp3) is 0. The van der Waals surface area contributed by atoms with Crippen molar-refractivity contribution in [3.63, 3.8) is 0 Å². The molecular weight excluding hydrogens is 244 g/mol. The van der Waals surface area contributed by atoms with Crippen molar-refractivity contribution in [3.05, 3.63) is 54.6 Å². The van der Waals surface area contributed by atoms with Gasteiger partial charge in [0.25, 0.3) is 6.33 Å². The molecule has 0 bridgehead atoms. The largest absolute Gasteiger partial charge is 0.439 e. The van der Waals surface area contributed by atoms with E-state index in [1.54, 1.807) is 30.3 Å². The van der Waals surface area contributed by atoms with Gasteiger partial charge in [0.1, 0.15) is 12.4 Å². The van der Waals surface area contributed by atoms with Crippen LogP contribution in [0.2, 0.25) is 0 Å². The molecule has 6 nitrogen and oxygen atoms in total. The highest BCUT2D eigenvalue weighted by Gasteiger charge is 2.20. The maximum absolute atomic E-state index is 11.9. The van der Waals surface area contributed by atoms with Crippen LogP contribution in [-0.2, 0) is 10.3 Å². The van der Waals surface area contributed by atoms with Gasteiger partial charge in [-0.25, -0.2) is 4.79 Å². The molecule has 0 aliphatic carbocycles. The Hall–Kier alpha value is -1.99. The molecule has 0 radical (unpaired) electrons. The van der Waals surface area contributed by atoms with Crippen molar-refractivity contribution < 1.29 is 21.7 Å². The van der Waals surface area contributed by atoms with Crippen LogP contribution in [0.15, 0.2) is 49.1 Å². The number of benzene rings is 1. The summed E-state index contributed by atoms with van der Waals surface area (Å²) in [6.07, 6.45) is 3.32. The lowest BCUT2D eigenvalue weighted by molar-refractivity contribution is -0.518. The van der Waals surface area contributed by atoms with Gasteiger partial charge in [-0.05, 0) is 12.1 Å². The summed E-state index contributed by atoms with van der Waals surface area (Å²) in [5.41, 5.74) is 0.422. The first kappa shape index (κ1) is 11.5. The van der Waals surface area contributed by atoms with Gasteiger partial charge in [-0.1, -0.05) is 18.2 Å². The number of carbonyl (C=O) groups is 1. The van der Waals surface area contributed by atoms with E-state index in [1.807, 2.05) is 0 Å². The molecule has 0 amide bonds. The average Bonchev–Trinajstić information content (AvgIpc) is 2.78. The van der Waals surface area contributed by atoms with Gasteiger partial charge in [0, 0.05) is 0 Å². The Morgan fingerprint density at radius 1 is 1.24 bits per heavy atom. The molecular formula is C10H9N2O4S+. The molecule has 88 valence electrons. The smallest absolute Gasteiger partial charge is 0.251 e. The lowest BCUT2D eigenvalue weighted by Gasteiger charge is -1.94. The van der Waals surface area contributed by atoms with E-state index in [0.717, 1.165) is 17.1 Å². The molecule has 0 fully saturated rings. The van der Waals surface area contributed by atoms with E-state index < -0.39 is 10.3 Å². The maximum Gasteiger partial charge on any atom is 0.439 e. The summed E-state index contributed by atoms with van der Waals surface area (Å²) in [6, 6.07) is 8.40. The molecule has 1 N–H and O–H groups in total. The minimum Gasteiger partial charge on any atom is -0.251 e. The van der Waals surface area contributed by atoms with Crippen LogP contribution in [0.1, 0.15) is 10.4 Å². The molecule has 0 aliphatic heterocycles. The molecule has 1 aromatic heterocycles. The van der Waals surface area contributed by atoms with E-state index in [9.17, 15) is 13.2 Å². The number of nitrogens with zero attached hydrogens (tertiary/aromatic N) is 2. The van der Waals surface area contributed by atoms with Crippen LogP contribution in [0.25, 0.3) is 0 Å². The summed E-state index contributed by atoms with van der Waals surface area (Å²) >= 11 is 0. The summed E-state index contributed by atoms with van der Waals surface area (Å²) in [7, 11) is -4.35. The van der Waals surface area contributed by atoms with Crippen molar-refractivity contribution in [2.45, 2.75) is 0 Å². The van der Waals surface area contributed by atoms with Gasteiger partial charge in [0.15, 0.2) is 0 Å². The Kier molecular flexibility index (Phi) is 2.78. The van der Waals surface area contributed by atoms with Crippen molar-refractivity contribution >= 4 is 16.2 Å². The molecule has 2 aromatic rings. The summed E-state index contributed by atoms with van der Waals surface area (Å²) in [6.45, 7) is 0. The topological polar surface area (TPSA) is 80.2 Å². The minimum absolute atomic E-state index is 0.381. The van der Waals surface area contributed by atoms with Crippen LogP contribution in [0, 0.1) is 0 Å². The van der Waals surface area contributed by atoms with Crippen molar-refractivity contribution in [3.8, 4) is 0 Å². The second kappa shape index (κ2) is 4.11. The maximum atomic E-state index is 11.9. The predicted octanol–water partition coefficient (Wildman–Crippen LogP) is 0.115. The fourth-order valence-electron chi connectivity index (χ4n) is 1.32. The number of hydrogen-bond acceptors (Lipinski definition) is 3. The van der Waals surface area contributed by atoms with Crippen molar-refractivity contribution in [1.82, 2.24) is 4.57 Å². The third-order valence-electron chi connectivity index (χ3n) is 2.13. The van der Waals surface area contributed by atoms with E-state index in [0.29, 0.717) is 9.54 Å². The van der Waals surface area contributed by atoms with E-state index in [-0.39, 0.29) is 5.91 Å². The molecule has 0 aliphatic rings. The molecule has 2 rings (SSSR count). The zero-order valence-electron chi connectivity index (χ0n) is 8.59.